The van der Waals surface area contributed by atoms with E-state index in [0.717, 1.165) is 28.0 Å². The third kappa shape index (κ3) is 4.82. The van der Waals surface area contributed by atoms with Crippen LogP contribution in [0.1, 0.15) is 16.4 Å². The Bertz CT molecular complexity index is 1720. The van der Waals surface area contributed by atoms with Crippen molar-refractivity contribution in [1.82, 2.24) is 4.57 Å². The van der Waals surface area contributed by atoms with Crippen LogP contribution in [0, 0.1) is 17.6 Å². The van der Waals surface area contributed by atoms with Crippen molar-refractivity contribution in [2.75, 3.05) is 17.3 Å². The van der Waals surface area contributed by atoms with Gasteiger partial charge in [-0.15, -0.1) is 0 Å². The van der Waals surface area contributed by atoms with Crippen molar-refractivity contribution in [3.8, 4) is 5.75 Å². The number of nitrogens with one attached hydrogen (secondary N) is 1. The average molecular weight is 594 g/mol. The van der Waals surface area contributed by atoms with E-state index in [1.54, 1.807) is 24.3 Å². The van der Waals surface area contributed by atoms with Crippen molar-refractivity contribution >= 4 is 52.2 Å². The van der Waals surface area contributed by atoms with E-state index in [1.165, 1.54) is 60.2 Å². The predicted molar refractivity (Wildman–Crippen MR) is 150 cm³/mol. The van der Waals surface area contributed by atoms with Gasteiger partial charge < -0.3 is 10.1 Å². The first-order valence-electron chi connectivity index (χ1n) is 12.5. The van der Waals surface area contributed by atoms with Crippen molar-refractivity contribution < 1.29 is 27.9 Å². The molecular formula is C29H21F2N3O5S2. The summed E-state index contributed by atoms with van der Waals surface area (Å²) in [5.74, 6) is -3.46. The Morgan fingerprint density at radius 1 is 0.902 bits per heavy atom. The van der Waals surface area contributed by atoms with E-state index >= 15 is 0 Å². The molecule has 3 amide bonds. The maximum Gasteiger partial charge on any atom is 0.308 e. The smallest absolute Gasteiger partial charge is 0.308 e. The third-order valence-corrected chi connectivity index (χ3v) is 9.64. The molecule has 3 unspecified atom stereocenters. The lowest BCUT2D eigenvalue weighted by atomic mass is 9.83. The monoisotopic (exact) mass is 593 g/mol. The maximum atomic E-state index is 13.8. The topological polar surface area (TPSA) is 97.7 Å². The average Bonchev–Trinajstić information content (AvgIpc) is 3.40. The number of carbonyl (C=O) groups excluding carboxylic acids is 3. The molecule has 2 aliphatic heterocycles. The van der Waals surface area contributed by atoms with Gasteiger partial charge in [-0.3, -0.25) is 23.7 Å². The Morgan fingerprint density at radius 3 is 2.17 bits per heavy atom. The number of imide groups is 1. The number of ether oxygens (including phenoxy) is 1. The van der Waals surface area contributed by atoms with Crippen molar-refractivity contribution in [3.63, 3.8) is 0 Å². The first-order valence-corrected chi connectivity index (χ1v) is 14.2. The number of amides is 3. The van der Waals surface area contributed by atoms with Gasteiger partial charge in [-0.2, -0.15) is 0 Å². The van der Waals surface area contributed by atoms with Gasteiger partial charge in [0.15, 0.2) is 0 Å². The second-order valence-corrected chi connectivity index (χ2v) is 11.6. The summed E-state index contributed by atoms with van der Waals surface area (Å²) >= 11 is 1.95. The van der Waals surface area contributed by atoms with Gasteiger partial charge in [-0.05, 0) is 66.2 Å². The van der Waals surface area contributed by atoms with Crippen LogP contribution in [0.5, 0.6) is 5.75 Å². The summed E-state index contributed by atoms with van der Waals surface area (Å²) in [6, 6.07) is 17.3. The number of fused-ring (bicyclic) bond motifs is 2. The number of halogens is 2. The zero-order valence-electron chi connectivity index (χ0n) is 21.4. The number of benzene rings is 3. The highest BCUT2D eigenvalue weighted by atomic mass is 32.2. The van der Waals surface area contributed by atoms with Crippen LogP contribution < -0.4 is 19.8 Å². The first kappa shape index (κ1) is 26.9. The number of methoxy groups -OCH3 is 1. The largest absolute Gasteiger partial charge is 0.497 e. The van der Waals surface area contributed by atoms with Gasteiger partial charge in [0.1, 0.15) is 29.2 Å². The summed E-state index contributed by atoms with van der Waals surface area (Å²) < 4.78 is 33.9. The fourth-order valence-electron chi connectivity index (χ4n) is 5.15. The number of thioether (sulfide) groups is 1. The normalized spacial score (nSPS) is 19.6. The van der Waals surface area contributed by atoms with E-state index in [4.69, 9.17) is 4.74 Å². The first-order chi connectivity index (χ1) is 19.7. The molecule has 3 atom stereocenters. The molecule has 0 bridgehead atoms. The van der Waals surface area contributed by atoms with Crippen molar-refractivity contribution in [3.05, 3.63) is 105 Å². The molecule has 6 rings (SSSR count). The lowest BCUT2D eigenvalue weighted by molar-refractivity contribution is -0.122. The summed E-state index contributed by atoms with van der Waals surface area (Å²) in [6.07, 6.45) is 0. The molecule has 208 valence electrons. The van der Waals surface area contributed by atoms with Gasteiger partial charge in [-0.25, -0.2) is 13.7 Å². The van der Waals surface area contributed by atoms with Crippen LogP contribution >= 0.6 is 23.1 Å². The van der Waals surface area contributed by atoms with Crippen LogP contribution in [0.3, 0.4) is 0 Å². The Morgan fingerprint density at radius 2 is 1.54 bits per heavy atom. The van der Waals surface area contributed by atoms with Crippen molar-refractivity contribution in [1.29, 1.82) is 0 Å². The van der Waals surface area contributed by atoms with E-state index < -0.39 is 51.3 Å². The Balaban J connectivity index is 1.38. The fourth-order valence-corrected chi connectivity index (χ4v) is 7.92. The van der Waals surface area contributed by atoms with Gasteiger partial charge >= 0.3 is 4.87 Å². The molecule has 0 saturated carbocycles. The molecule has 0 aliphatic carbocycles. The molecular weight excluding hydrogens is 572 g/mol. The summed E-state index contributed by atoms with van der Waals surface area (Å²) in [4.78, 5) is 54.8. The molecule has 2 aliphatic rings. The van der Waals surface area contributed by atoms with Crippen LogP contribution in [-0.2, 0) is 20.9 Å². The van der Waals surface area contributed by atoms with Crippen molar-refractivity contribution in [2.45, 2.75) is 22.7 Å². The van der Waals surface area contributed by atoms with Crippen LogP contribution in [0.25, 0.3) is 0 Å². The number of anilines is 2. The van der Waals surface area contributed by atoms with Crippen LogP contribution in [0.2, 0.25) is 0 Å². The quantitative estimate of drug-likeness (QED) is 0.328. The Kier molecular flexibility index (Phi) is 6.96. The second-order valence-electron chi connectivity index (χ2n) is 9.48. The Labute approximate surface area is 240 Å². The maximum absolute atomic E-state index is 13.8. The number of nitrogens with zero attached hydrogens (tertiary/aromatic N) is 2. The number of hydrogen-bond acceptors (Lipinski definition) is 7. The fraction of sp³-hybridized carbons (Fsp3) is 0.172. The standard InChI is InChI=1S/C29H21F2N3O5S2/c1-39-20-12-8-18(9-13-20)32-21(35)14-33-28-25(41-29(33)38)22(15-2-4-16(30)5-3-15)23-24(40-28)27(37)34(26(23)36)19-10-6-17(31)7-11-19/h2-13,22-24H,14H2,1H3,(H,32,35). The highest BCUT2D eigenvalue weighted by molar-refractivity contribution is 8.00. The highest BCUT2D eigenvalue weighted by Gasteiger charge is 2.56. The van der Waals surface area contributed by atoms with Crippen LogP contribution in [0.4, 0.5) is 20.2 Å². The summed E-state index contributed by atoms with van der Waals surface area (Å²) in [5.41, 5.74) is 1.30. The molecule has 0 radical (unpaired) electrons. The van der Waals surface area contributed by atoms with E-state index in [9.17, 15) is 28.0 Å². The summed E-state index contributed by atoms with van der Waals surface area (Å²) in [5, 5.41) is 2.24. The van der Waals surface area contributed by atoms with Gasteiger partial charge in [0.05, 0.1) is 23.7 Å². The molecule has 8 nitrogen and oxygen atoms in total. The number of rotatable bonds is 6. The van der Waals surface area contributed by atoms with Gasteiger partial charge in [0, 0.05) is 16.5 Å². The molecule has 3 heterocycles. The highest BCUT2D eigenvalue weighted by Crippen LogP contribution is 2.53. The minimum atomic E-state index is -0.917. The van der Waals surface area contributed by atoms with Crippen molar-refractivity contribution in [2.24, 2.45) is 5.92 Å². The zero-order chi connectivity index (χ0) is 28.8. The second kappa shape index (κ2) is 10.6. The molecule has 3 aromatic carbocycles. The van der Waals surface area contributed by atoms with Crippen LogP contribution in [-0.4, -0.2) is 34.6 Å². The third-order valence-electron chi connectivity index (χ3n) is 7.04. The van der Waals surface area contributed by atoms with E-state index in [-0.39, 0.29) is 12.2 Å². The minimum absolute atomic E-state index is 0.230. The summed E-state index contributed by atoms with van der Waals surface area (Å²) in [7, 11) is 1.53. The minimum Gasteiger partial charge on any atom is -0.497 e. The van der Waals surface area contributed by atoms with Gasteiger partial charge in [0.25, 0.3) is 0 Å². The van der Waals surface area contributed by atoms with Crippen LogP contribution in [0.15, 0.2) is 82.6 Å². The lowest BCUT2D eigenvalue weighted by Crippen LogP contribution is -2.33. The molecule has 1 fully saturated rings. The molecule has 0 spiro atoms. The SMILES string of the molecule is COc1ccc(NC(=O)Cn2c3c(sc2=O)C(c2ccc(F)cc2)C2C(=O)N(c4ccc(F)cc4)C(=O)C2S3)cc1. The summed E-state index contributed by atoms with van der Waals surface area (Å²) in [6.45, 7) is -0.318. The molecule has 41 heavy (non-hydrogen) atoms. The molecule has 1 aromatic heterocycles. The molecule has 4 aromatic rings. The zero-order valence-corrected chi connectivity index (χ0v) is 23.0. The number of hydrogen-bond donors (Lipinski definition) is 1. The van der Waals surface area contributed by atoms with Gasteiger partial charge in [0.2, 0.25) is 17.7 Å². The number of thiazole rings is 1. The van der Waals surface area contributed by atoms with E-state index in [0.29, 0.717) is 26.9 Å². The molecule has 1 saturated heterocycles. The Hall–Kier alpha value is -4.29. The number of aromatic nitrogens is 1. The van der Waals surface area contributed by atoms with E-state index in [1.807, 2.05) is 0 Å². The van der Waals surface area contributed by atoms with Gasteiger partial charge in [-0.1, -0.05) is 35.2 Å². The van der Waals surface area contributed by atoms with E-state index in [2.05, 4.69) is 5.32 Å². The lowest BCUT2D eigenvalue weighted by Gasteiger charge is -2.30. The molecule has 1 N–H and O–H groups in total. The predicted octanol–water partition coefficient (Wildman–Crippen LogP) is 4.63. The number of carbonyl (C=O) groups is 3. The molecule has 12 heteroatoms.